The molecule has 0 saturated carbocycles. The van der Waals surface area contributed by atoms with E-state index < -0.39 is 0 Å². The summed E-state index contributed by atoms with van der Waals surface area (Å²) in [6, 6.07) is 10.3. The van der Waals surface area contributed by atoms with E-state index in [0.29, 0.717) is 6.54 Å². The Balaban J connectivity index is 2.28. The molecule has 1 heterocycles. The second-order valence-corrected chi connectivity index (χ2v) is 4.50. The highest BCUT2D eigenvalue weighted by molar-refractivity contribution is 7.98. The smallest absolute Gasteiger partial charge is 0.142 e. The van der Waals surface area contributed by atoms with Crippen LogP contribution in [-0.2, 0) is 6.54 Å². The van der Waals surface area contributed by atoms with Gasteiger partial charge in [-0.2, -0.15) is 0 Å². The molecule has 1 aromatic carbocycles. The first kappa shape index (κ1) is 12.1. The molecule has 0 saturated heterocycles. The van der Waals surface area contributed by atoms with Gasteiger partial charge in [-0.25, -0.2) is 9.97 Å². The third kappa shape index (κ3) is 3.05. The molecular formula is C13H15N3S. The molecule has 1 aromatic heterocycles. The van der Waals surface area contributed by atoms with Crippen LogP contribution >= 0.6 is 11.8 Å². The molecule has 88 valence electrons. The molecule has 0 aliphatic carbocycles. The summed E-state index contributed by atoms with van der Waals surface area (Å²) in [5, 5.41) is 3.05. The van der Waals surface area contributed by atoms with Crippen molar-refractivity contribution in [3.05, 3.63) is 42.4 Å². The van der Waals surface area contributed by atoms with Crippen molar-refractivity contribution in [3.63, 3.8) is 0 Å². The standard InChI is InChI=1S/C13H15N3S/c1-14-9-13-15-8-7-12(16-13)10-3-5-11(17-2)6-4-10/h3-8,14H,9H2,1-2H3. The molecule has 2 rings (SSSR count). The minimum absolute atomic E-state index is 0.691. The van der Waals surface area contributed by atoms with Gasteiger partial charge in [-0.05, 0) is 31.5 Å². The van der Waals surface area contributed by atoms with Crippen LogP contribution in [0.3, 0.4) is 0 Å². The number of nitrogens with zero attached hydrogens (tertiary/aromatic N) is 2. The zero-order chi connectivity index (χ0) is 12.1. The fraction of sp³-hybridized carbons (Fsp3) is 0.231. The predicted octanol–water partition coefficient (Wildman–Crippen LogP) is 2.58. The van der Waals surface area contributed by atoms with E-state index in [1.807, 2.05) is 13.1 Å². The highest BCUT2D eigenvalue weighted by Gasteiger charge is 2.01. The van der Waals surface area contributed by atoms with E-state index in [0.717, 1.165) is 17.1 Å². The van der Waals surface area contributed by atoms with Crippen molar-refractivity contribution in [1.82, 2.24) is 15.3 Å². The molecule has 3 nitrogen and oxygen atoms in total. The van der Waals surface area contributed by atoms with Crippen LogP contribution in [0.25, 0.3) is 11.3 Å². The SMILES string of the molecule is CNCc1nccc(-c2ccc(SC)cc2)n1. The number of benzene rings is 1. The second-order valence-electron chi connectivity index (χ2n) is 3.62. The lowest BCUT2D eigenvalue weighted by Gasteiger charge is -2.04. The molecule has 0 radical (unpaired) electrons. The minimum atomic E-state index is 0.691. The van der Waals surface area contributed by atoms with Crippen molar-refractivity contribution < 1.29 is 0 Å². The summed E-state index contributed by atoms with van der Waals surface area (Å²) >= 11 is 1.74. The van der Waals surface area contributed by atoms with Gasteiger partial charge in [-0.3, -0.25) is 0 Å². The van der Waals surface area contributed by atoms with Crippen LogP contribution in [0.5, 0.6) is 0 Å². The van der Waals surface area contributed by atoms with Crippen molar-refractivity contribution in [2.75, 3.05) is 13.3 Å². The van der Waals surface area contributed by atoms with E-state index in [2.05, 4.69) is 45.8 Å². The van der Waals surface area contributed by atoms with E-state index in [4.69, 9.17) is 0 Å². The van der Waals surface area contributed by atoms with Crippen molar-refractivity contribution in [1.29, 1.82) is 0 Å². The van der Waals surface area contributed by atoms with Crippen LogP contribution in [0.2, 0.25) is 0 Å². The third-order valence-corrected chi connectivity index (χ3v) is 3.17. The number of hydrogen-bond acceptors (Lipinski definition) is 4. The van der Waals surface area contributed by atoms with E-state index in [-0.39, 0.29) is 0 Å². The molecule has 0 atom stereocenters. The Hall–Kier alpha value is -1.39. The monoisotopic (exact) mass is 245 g/mol. The van der Waals surface area contributed by atoms with Crippen LogP contribution in [0.4, 0.5) is 0 Å². The molecule has 0 spiro atoms. The van der Waals surface area contributed by atoms with Crippen LogP contribution in [0.15, 0.2) is 41.4 Å². The van der Waals surface area contributed by atoms with E-state index >= 15 is 0 Å². The summed E-state index contributed by atoms with van der Waals surface area (Å²) in [6.07, 6.45) is 3.88. The molecule has 0 aliphatic heterocycles. The van der Waals surface area contributed by atoms with Crippen LogP contribution in [-0.4, -0.2) is 23.3 Å². The van der Waals surface area contributed by atoms with Gasteiger partial charge in [0.1, 0.15) is 5.82 Å². The quantitative estimate of drug-likeness (QED) is 0.840. The number of aromatic nitrogens is 2. The largest absolute Gasteiger partial charge is 0.313 e. The first-order valence-corrected chi connectivity index (χ1v) is 6.67. The lowest BCUT2D eigenvalue weighted by atomic mass is 10.1. The number of hydrogen-bond donors (Lipinski definition) is 1. The second kappa shape index (κ2) is 5.80. The minimum Gasteiger partial charge on any atom is -0.313 e. The number of rotatable bonds is 4. The normalized spacial score (nSPS) is 10.5. The molecule has 0 fully saturated rings. The molecule has 0 unspecified atom stereocenters. The molecule has 0 amide bonds. The molecule has 0 aliphatic rings. The summed E-state index contributed by atoms with van der Waals surface area (Å²) in [5.41, 5.74) is 2.10. The lowest BCUT2D eigenvalue weighted by molar-refractivity contribution is 0.759. The third-order valence-electron chi connectivity index (χ3n) is 2.43. The summed E-state index contributed by atoms with van der Waals surface area (Å²) in [5.74, 6) is 0.818. The van der Waals surface area contributed by atoms with Gasteiger partial charge in [0.05, 0.1) is 12.2 Å². The summed E-state index contributed by atoms with van der Waals surface area (Å²) < 4.78 is 0. The Morgan fingerprint density at radius 3 is 2.59 bits per heavy atom. The molecule has 0 bridgehead atoms. The van der Waals surface area contributed by atoms with Crippen LogP contribution < -0.4 is 5.32 Å². The number of nitrogens with one attached hydrogen (secondary N) is 1. The van der Waals surface area contributed by atoms with Gasteiger partial charge in [0.15, 0.2) is 0 Å². The molecule has 17 heavy (non-hydrogen) atoms. The predicted molar refractivity (Wildman–Crippen MR) is 72.0 cm³/mol. The van der Waals surface area contributed by atoms with Crippen LogP contribution in [0, 0.1) is 0 Å². The summed E-state index contributed by atoms with van der Waals surface area (Å²) in [6.45, 7) is 0.691. The van der Waals surface area contributed by atoms with Crippen molar-refractivity contribution in [3.8, 4) is 11.3 Å². The Labute approximate surface area is 106 Å². The number of thioether (sulfide) groups is 1. The maximum Gasteiger partial charge on any atom is 0.142 e. The van der Waals surface area contributed by atoms with E-state index in [1.54, 1.807) is 18.0 Å². The molecule has 1 N–H and O–H groups in total. The summed E-state index contributed by atoms with van der Waals surface area (Å²) in [4.78, 5) is 9.98. The first-order valence-electron chi connectivity index (χ1n) is 5.44. The Morgan fingerprint density at radius 1 is 1.18 bits per heavy atom. The van der Waals surface area contributed by atoms with Gasteiger partial charge in [0, 0.05) is 16.7 Å². The van der Waals surface area contributed by atoms with Crippen molar-refractivity contribution in [2.45, 2.75) is 11.4 Å². The van der Waals surface area contributed by atoms with Gasteiger partial charge in [-0.15, -0.1) is 11.8 Å². The fourth-order valence-corrected chi connectivity index (χ4v) is 1.97. The zero-order valence-corrected chi connectivity index (χ0v) is 10.8. The Bertz CT molecular complexity index is 482. The van der Waals surface area contributed by atoms with E-state index in [9.17, 15) is 0 Å². The molecule has 4 heteroatoms. The Morgan fingerprint density at radius 2 is 1.94 bits per heavy atom. The van der Waals surface area contributed by atoms with Crippen LogP contribution in [0.1, 0.15) is 5.82 Å². The van der Waals surface area contributed by atoms with E-state index in [1.165, 1.54) is 4.90 Å². The average molecular weight is 245 g/mol. The average Bonchev–Trinajstić information content (AvgIpc) is 2.40. The lowest BCUT2D eigenvalue weighted by Crippen LogP contribution is -2.09. The maximum atomic E-state index is 4.51. The van der Waals surface area contributed by atoms with Crippen molar-refractivity contribution >= 4 is 11.8 Å². The molecular weight excluding hydrogens is 230 g/mol. The maximum absolute atomic E-state index is 4.51. The first-order chi connectivity index (χ1) is 8.33. The topological polar surface area (TPSA) is 37.8 Å². The van der Waals surface area contributed by atoms with Gasteiger partial charge >= 0.3 is 0 Å². The van der Waals surface area contributed by atoms with Gasteiger partial charge in [0.2, 0.25) is 0 Å². The van der Waals surface area contributed by atoms with Gasteiger partial charge in [-0.1, -0.05) is 12.1 Å². The fourth-order valence-electron chi connectivity index (χ4n) is 1.56. The van der Waals surface area contributed by atoms with Crippen molar-refractivity contribution in [2.24, 2.45) is 0 Å². The van der Waals surface area contributed by atoms with Gasteiger partial charge in [0.25, 0.3) is 0 Å². The van der Waals surface area contributed by atoms with Gasteiger partial charge < -0.3 is 5.32 Å². The zero-order valence-electron chi connectivity index (χ0n) is 9.97. The highest BCUT2D eigenvalue weighted by atomic mass is 32.2. The summed E-state index contributed by atoms with van der Waals surface area (Å²) in [7, 11) is 1.89. The highest BCUT2D eigenvalue weighted by Crippen LogP contribution is 2.21. The Kier molecular flexibility index (Phi) is 4.12. The molecule has 2 aromatic rings.